The number of rotatable bonds is 10. The van der Waals surface area contributed by atoms with E-state index in [1.165, 1.54) is 33.5 Å². The smallest absolute Gasteiger partial charge is 0.416 e. The van der Waals surface area contributed by atoms with Crippen molar-refractivity contribution >= 4 is 24.0 Å². The van der Waals surface area contributed by atoms with Crippen LogP contribution in [-0.4, -0.2) is 40.8 Å². The summed E-state index contributed by atoms with van der Waals surface area (Å²) in [5, 5.41) is 3.06. The van der Waals surface area contributed by atoms with Crippen LogP contribution in [0, 0.1) is 0 Å². The average Bonchev–Trinajstić information content (AvgIpc) is 2.89. The fraction of sp³-hybridized carbons (Fsp3) is 0.296. The van der Waals surface area contributed by atoms with E-state index in [2.05, 4.69) is 5.32 Å². The summed E-state index contributed by atoms with van der Waals surface area (Å²) in [6, 6.07) is 16.5. The highest BCUT2D eigenvalue weighted by Gasteiger charge is 2.31. The highest BCUT2D eigenvalue weighted by Crippen LogP contribution is 2.34. The first kappa shape index (κ1) is 29.8. The van der Waals surface area contributed by atoms with E-state index in [4.69, 9.17) is 14.2 Å². The molecule has 0 unspecified atom stereocenters. The number of ether oxygens (including phenoxy) is 3. The number of hydrogen-bond donors (Lipinski definition) is 1. The van der Waals surface area contributed by atoms with Crippen molar-refractivity contribution in [3.05, 3.63) is 83.4 Å². The van der Waals surface area contributed by atoms with Gasteiger partial charge in [0.1, 0.15) is 11.8 Å². The van der Waals surface area contributed by atoms with Crippen LogP contribution in [0.5, 0.6) is 17.2 Å². The molecule has 200 valence electrons. The number of hydrogen-bond acceptors (Lipinski definition) is 5. The Balaban J connectivity index is 0.00000481. The van der Waals surface area contributed by atoms with Crippen LogP contribution in [0.2, 0.25) is 0 Å². The Hall–Kier alpha value is -3.43. The van der Waals surface area contributed by atoms with Crippen molar-refractivity contribution in [3.8, 4) is 17.2 Å². The van der Waals surface area contributed by atoms with Crippen LogP contribution in [0.3, 0.4) is 0 Å². The molecule has 0 spiro atoms. The summed E-state index contributed by atoms with van der Waals surface area (Å²) in [6.07, 6.45) is -4.07. The topological polar surface area (TPSA) is 60.0 Å². The second-order valence-electron chi connectivity index (χ2n) is 7.94. The fourth-order valence-electron chi connectivity index (χ4n) is 3.93. The number of carbonyl (C=O) groups excluding carboxylic acids is 1. The van der Waals surface area contributed by atoms with Gasteiger partial charge in [0.2, 0.25) is 5.91 Å². The molecule has 10 heteroatoms. The number of nitrogens with one attached hydrogen (secondary N) is 1. The normalized spacial score (nSPS) is 11.8. The van der Waals surface area contributed by atoms with E-state index in [-0.39, 0.29) is 24.9 Å². The number of benzene rings is 3. The molecule has 3 rings (SSSR count). The van der Waals surface area contributed by atoms with Crippen molar-refractivity contribution in [2.45, 2.75) is 18.6 Å². The molecule has 6 nitrogen and oxygen atoms in total. The van der Waals surface area contributed by atoms with E-state index in [1.54, 1.807) is 42.3 Å². The molecule has 1 atom stereocenters. The molecule has 0 saturated heterocycles. The van der Waals surface area contributed by atoms with E-state index in [0.717, 1.165) is 12.1 Å². The van der Waals surface area contributed by atoms with Gasteiger partial charge >= 0.3 is 6.18 Å². The fourth-order valence-corrected chi connectivity index (χ4v) is 3.93. The maximum absolute atomic E-state index is 13.9. The number of amides is 1. The minimum absolute atomic E-state index is 0. The zero-order chi connectivity index (χ0) is 26.3. The van der Waals surface area contributed by atoms with E-state index >= 15 is 0 Å². The minimum Gasteiger partial charge on any atom is -0.496 e. The maximum atomic E-state index is 13.9. The van der Waals surface area contributed by atoms with Crippen LogP contribution < -0.4 is 24.4 Å². The molecule has 0 aliphatic heterocycles. The molecule has 0 saturated carbocycles. The van der Waals surface area contributed by atoms with E-state index in [1.807, 2.05) is 12.1 Å². The van der Waals surface area contributed by atoms with E-state index in [0.29, 0.717) is 40.5 Å². The van der Waals surface area contributed by atoms with Crippen molar-refractivity contribution in [2.24, 2.45) is 0 Å². The second kappa shape index (κ2) is 13.2. The van der Waals surface area contributed by atoms with Gasteiger partial charge in [0.25, 0.3) is 0 Å². The summed E-state index contributed by atoms with van der Waals surface area (Å²) in [5.41, 5.74) is 1.16. The lowest BCUT2D eigenvalue weighted by Gasteiger charge is -2.29. The lowest BCUT2D eigenvalue weighted by molar-refractivity contribution is -0.137. The first-order valence-electron chi connectivity index (χ1n) is 11.2. The summed E-state index contributed by atoms with van der Waals surface area (Å²) < 4.78 is 55.1. The molecule has 1 amide bonds. The molecular formula is C27H30ClF3N2O4. The summed E-state index contributed by atoms with van der Waals surface area (Å²) in [6.45, 7) is 0.215. The highest BCUT2D eigenvalue weighted by molar-refractivity contribution is 5.98. The second-order valence-corrected chi connectivity index (χ2v) is 7.94. The first-order valence-corrected chi connectivity index (χ1v) is 11.2. The third-order valence-electron chi connectivity index (χ3n) is 5.84. The molecule has 0 aliphatic carbocycles. The SMILES string of the molecule is CN[C@@H](C(=O)N(CCc1ccc(C(F)(F)F)cc1)c1ccc(OC)c(OC)c1)c1ccccc1OC.Cl. The lowest BCUT2D eigenvalue weighted by Crippen LogP contribution is -2.41. The van der Waals surface area contributed by atoms with Gasteiger partial charge in [0.05, 0.1) is 26.9 Å². The quantitative estimate of drug-likeness (QED) is 0.359. The zero-order valence-corrected chi connectivity index (χ0v) is 21.8. The molecule has 3 aromatic carbocycles. The van der Waals surface area contributed by atoms with Crippen LogP contribution in [0.1, 0.15) is 22.7 Å². The van der Waals surface area contributed by atoms with Gasteiger partial charge in [-0.2, -0.15) is 13.2 Å². The molecule has 1 N–H and O–H groups in total. The van der Waals surface area contributed by atoms with Crippen LogP contribution in [0.4, 0.5) is 18.9 Å². The largest absolute Gasteiger partial charge is 0.496 e. The highest BCUT2D eigenvalue weighted by atomic mass is 35.5. The van der Waals surface area contributed by atoms with Crippen molar-refractivity contribution in [2.75, 3.05) is 39.8 Å². The Morgan fingerprint density at radius 1 is 0.892 bits per heavy atom. The number of para-hydroxylation sites is 1. The number of alkyl halides is 3. The minimum atomic E-state index is -4.41. The molecule has 0 aliphatic rings. The number of likely N-dealkylation sites (N-methyl/N-ethyl adjacent to an activating group) is 1. The molecule has 3 aromatic rings. The van der Waals surface area contributed by atoms with E-state index in [9.17, 15) is 18.0 Å². The standard InChI is InChI=1S/C27H29F3N2O4.ClH/c1-31-25(21-7-5-6-8-22(21)34-2)26(33)32(20-13-14-23(35-3)24(17-20)36-4)16-15-18-9-11-19(12-10-18)27(28,29)30;/h5-14,17,25,31H,15-16H2,1-4H3;1H/t25-;/m1./s1. The number of nitrogens with zero attached hydrogens (tertiary/aromatic N) is 1. The van der Waals surface area contributed by atoms with Gasteiger partial charge in [-0.05, 0) is 49.4 Å². The van der Waals surface area contributed by atoms with E-state index < -0.39 is 17.8 Å². The van der Waals surface area contributed by atoms with Crippen molar-refractivity contribution in [1.82, 2.24) is 5.32 Å². The third kappa shape index (κ3) is 7.08. The zero-order valence-electron chi connectivity index (χ0n) is 21.0. The molecule has 37 heavy (non-hydrogen) atoms. The van der Waals surface area contributed by atoms with Crippen LogP contribution >= 0.6 is 12.4 Å². The monoisotopic (exact) mass is 538 g/mol. The first-order chi connectivity index (χ1) is 17.2. The van der Waals surface area contributed by atoms with Gasteiger partial charge in [-0.25, -0.2) is 0 Å². The number of halogens is 4. The maximum Gasteiger partial charge on any atom is 0.416 e. The van der Waals surface area contributed by atoms with Crippen LogP contribution in [0.25, 0.3) is 0 Å². The Kier molecular flexibility index (Phi) is 10.6. The molecule has 0 heterocycles. The Bertz CT molecular complexity index is 1170. The Morgan fingerprint density at radius 2 is 1.51 bits per heavy atom. The molecule has 0 bridgehead atoms. The lowest BCUT2D eigenvalue weighted by atomic mass is 10.0. The number of methoxy groups -OCH3 is 3. The van der Waals surface area contributed by atoms with Gasteiger partial charge in [0, 0.05) is 23.9 Å². The Labute approximate surface area is 220 Å². The predicted molar refractivity (Wildman–Crippen MR) is 139 cm³/mol. The van der Waals surface area contributed by atoms with Crippen LogP contribution in [0.15, 0.2) is 66.7 Å². The van der Waals surface area contributed by atoms with Crippen LogP contribution in [-0.2, 0) is 17.4 Å². The summed E-state index contributed by atoms with van der Waals surface area (Å²) >= 11 is 0. The van der Waals surface area contributed by atoms with Gasteiger partial charge in [-0.15, -0.1) is 12.4 Å². The molecule has 0 aromatic heterocycles. The van der Waals surface area contributed by atoms with Crippen molar-refractivity contribution in [3.63, 3.8) is 0 Å². The molecule has 0 radical (unpaired) electrons. The Morgan fingerprint density at radius 3 is 2.08 bits per heavy atom. The summed E-state index contributed by atoms with van der Waals surface area (Å²) in [5.74, 6) is 1.24. The molecular weight excluding hydrogens is 509 g/mol. The van der Waals surface area contributed by atoms with Gasteiger partial charge in [-0.1, -0.05) is 30.3 Å². The van der Waals surface area contributed by atoms with Gasteiger partial charge < -0.3 is 24.4 Å². The average molecular weight is 539 g/mol. The third-order valence-corrected chi connectivity index (χ3v) is 5.84. The van der Waals surface area contributed by atoms with Crippen molar-refractivity contribution < 1.29 is 32.2 Å². The van der Waals surface area contributed by atoms with Gasteiger partial charge in [0.15, 0.2) is 11.5 Å². The number of anilines is 1. The van der Waals surface area contributed by atoms with Gasteiger partial charge in [-0.3, -0.25) is 4.79 Å². The predicted octanol–water partition coefficient (Wildman–Crippen LogP) is 5.69. The summed E-state index contributed by atoms with van der Waals surface area (Å²) in [4.78, 5) is 15.5. The van der Waals surface area contributed by atoms with Crippen molar-refractivity contribution in [1.29, 1.82) is 0 Å². The molecule has 0 fully saturated rings. The number of carbonyl (C=O) groups is 1. The summed E-state index contributed by atoms with van der Waals surface area (Å²) in [7, 11) is 6.23.